The second kappa shape index (κ2) is 6.65. The number of rotatable bonds is 5. The van der Waals surface area contributed by atoms with Crippen molar-refractivity contribution in [1.82, 2.24) is 16.4 Å². The first-order valence-electron chi connectivity index (χ1n) is 7.02. The highest BCUT2D eigenvalue weighted by Crippen LogP contribution is 2.32. The Hall–Kier alpha value is -2.28. The van der Waals surface area contributed by atoms with Gasteiger partial charge in [0.2, 0.25) is 0 Å². The maximum atomic E-state index is 5.77. The van der Waals surface area contributed by atoms with Gasteiger partial charge in [-0.1, -0.05) is 18.2 Å². The smallest absolute Gasteiger partial charge is 0.177 e. The number of hydrogen-bond donors (Lipinski definition) is 3. The van der Waals surface area contributed by atoms with Crippen molar-refractivity contribution in [1.29, 1.82) is 0 Å². The molecule has 0 saturated carbocycles. The fourth-order valence-corrected chi connectivity index (χ4v) is 2.30. The maximum Gasteiger partial charge on any atom is 0.177 e. The summed E-state index contributed by atoms with van der Waals surface area (Å²) >= 11 is 0. The molecule has 2 aromatic carbocycles. The molecule has 0 radical (unpaired) electrons. The molecule has 1 atom stereocenters. The third-order valence-electron chi connectivity index (χ3n) is 3.46. The summed E-state index contributed by atoms with van der Waals surface area (Å²) in [6.07, 6.45) is -0.0769. The van der Waals surface area contributed by atoms with Crippen LogP contribution in [0.4, 0.5) is 0 Å². The molecule has 1 aliphatic heterocycles. The highest BCUT2D eigenvalue weighted by Gasteiger charge is 2.14. The Morgan fingerprint density at radius 1 is 0.909 bits per heavy atom. The molecule has 0 aliphatic carbocycles. The second-order valence-electron chi connectivity index (χ2n) is 4.85. The van der Waals surface area contributed by atoms with Gasteiger partial charge in [0.1, 0.15) is 5.75 Å². The van der Waals surface area contributed by atoms with Crippen molar-refractivity contribution < 1.29 is 14.2 Å². The van der Waals surface area contributed by atoms with E-state index in [1.165, 1.54) is 0 Å². The molecular weight excluding hydrogens is 282 g/mol. The number of ether oxygens (including phenoxy) is 3. The van der Waals surface area contributed by atoms with E-state index < -0.39 is 0 Å². The van der Waals surface area contributed by atoms with E-state index in [9.17, 15) is 0 Å². The topological polar surface area (TPSA) is 63.8 Å². The van der Waals surface area contributed by atoms with E-state index in [2.05, 4.69) is 16.4 Å². The monoisotopic (exact) mass is 301 g/mol. The van der Waals surface area contributed by atoms with Gasteiger partial charge in [-0.15, -0.1) is 0 Å². The third-order valence-corrected chi connectivity index (χ3v) is 3.46. The second-order valence-corrected chi connectivity index (χ2v) is 4.85. The average Bonchev–Trinajstić information content (AvgIpc) is 3.08. The summed E-state index contributed by atoms with van der Waals surface area (Å²) in [6, 6.07) is 13.8. The number of hydrogen-bond acceptors (Lipinski definition) is 6. The summed E-state index contributed by atoms with van der Waals surface area (Å²) in [4.78, 5) is 0. The van der Waals surface area contributed by atoms with E-state index in [1.807, 2.05) is 42.5 Å². The van der Waals surface area contributed by atoms with Gasteiger partial charge in [0.25, 0.3) is 0 Å². The lowest BCUT2D eigenvalue weighted by Gasteiger charge is -2.13. The first-order chi connectivity index (χ1) is 10.8. The molecule has 3 rings (SSSR count). The first-order valence-corrected chi connectivity index (χ1v) is 7.02. The number of benzene rings is 2. The normalized spacial score (nSPS) is 17.3. The number of hydrazine groups is 2. The molecule has 1 fully saturated rings. The fraction of sp³-hybridized carbons (Fsp3) is 0.250. The fourth-order valence-electron chi connectivity index (χ4n) is 2.30. The Balaban J connectivity index is 1.77. The Morgan fingerprint density at radius 2 is 1.64 bits per heavy atom. The van der Waals surface area contributed by atoms with E-state index in [4.69, 9.17) is 14.2 Å². The average molecular weight is 301 g/mol. The van der Waals surface area contributed by atoms with E-state index >= 15 is 0 Å². The molecule has 6 nitrogen and oxygen atoms in total. The lowest BCUT2D eigenvalue weighted by Crippen LogP contribution is -2.36. The Morgan fingerprint density at radius 3 is 2.27 bits per heavy atom. The van der Waals surface area contributed by atoms with Crippen LogP contribution in [0.5, 0.6) is 17.2 Å². The molecule has 1 heterocycles. The summed E-state index contributed by atoms with van der Waals surface area (Å²) in [6.45, 7) is 0.706. The summed E-state index contributed by atoms with van der Waals surface area (Å²) in [5, 5.41) is 0. The minimum Gasteiger partial charge on any atom is -0.493 e. The highest BCUT2D eigenvalue weighted by molar-refractivity contribution is 5.67. The molecule has 1 unspecified atom stereocenters. The Kier molecular flexibility index (Phi) is 4.43. The largest absolute Gasteiger partial charge is 0.493 e. The Bertz CT molecular complexity index is 625. The molecule has 1 saturated heterocycles. The molecular formula is C16H19N3O3. The van der Waals surface area contributed by atoms with Crippen molar-refractivity contribution in [2.45, 2.75) is 6.23 Å². The van der Waals surface area contributed by atoms with Crippen LogP contribution in [0.2, 0.25) is 0 Å². The SMILES string of the molecule is COc1ccc(-c2ccc(OC3CNNN3)cc2)cc1OC. The van der Waals surface area contributed by atoms with Crippen LogP contribution in [-0.4, -0.2) is 27.0 Å². The van der Waals surface area contributed by atoms with Crippen LogP contribution in [0.1, 0.15) is 0 Å². The van der Waals surface area contributed by atoms with Crippen molar-refractivity contribution >= 4 is 0 Å². The predicted octanol–water partition coefficient (Wildman–Crippen LogP) is 1.69. The number of nitrogens with one attached hydrogen (secondary N) is 3. The highest BCUT2D eigenvalue weighted by atomic mass is 16.5. The number of methoxy groups -OCH3 is 2. The molecule has 116 valence electrons. The summed E-state index contributed by atoms with van der Waals surface area (Å²) in [5.41, 5.74) is 10.9. The lowest BCUT2D eigenvalue weighted by atomic mass is 10.1. The van der Waals surface area contributed by atoms with Gasteiger partial charge in [-0.05, 0) is 35.4 Å². The van der Waals surface area contributed by atoms with E-state index in [0.717, 1.165) is 22.6 Å². The van der Waals surface area contributed by atoms with Gasteiger partial charge in [0.05, 0.1) is 20.8 Å². The zero-order chi connectivity index (χ0) is 15.4. The summed E-state index contributed by atoms with van der Waals surface area (Å²) in [7, 11) is 3.26. The van der Waals surface area contributed by atoms with Gasteiger partial charge >= 0.3 is 0 Å². The molecule has 2 aromatic rings. The minimum atomic E-state index is -0.0769. The van der Waals surface area contributed by atoms with Gasteiger partial charge in [0.15, 0.2) is 17.7 Å². The van der Waals surface area contributed by atoms with E-state index in [-0.39, 0.29) is 6.23 Å². The molecule has 22 heavy (non-hydrogen) atoms. The van der Waals surface area contributed by atoms with Crippen LogP contribution in [-0.2, 0) is 0 Å². The van der Waals surface area contributed by atoms with Crippen LogP contribution in [0.25, 0.3) is 11.1 Å². The maximum absolute atomic E-state index is 5.77. The Labute approximate surface area is 129 Å². The van der Waals surface area contributed by atoms with Crippen molar-refractivity contribution in [2.75, 3.05) is 20.8 Å². The van der Waals surface area contributed by atoms with Crippen LogP contribution < -0.4 is 30.6 Å². The van der Waals surface area contributed by atoms with Gasteiger partial charge in [-0.3, -0.25) is 0 Å². The van der Waals surface area contributed by atoms with Gasteiger partial charge in [0, 0.05) is 0 Å². The molecule has 0 aromatic heterocycles. The van der Waals surface area contributed by atoms with Crippen LogP contribution >= 0.6 is 0 Å². The lowest BCUT2D eigenvalue weighted by molar-refractivity contribution is 0.191. The van der Waals surface area contributed by atoms with E-state index in [1.54, 1.807) is 14.2 Å². The van der Waals surface area contributed by atoms with Gasteiger partial charge < -0.3 is 14.2 Å². The van der Waals surface area contributed by atoms with Gasteiger partial charge in [-0.25, -0.2) is 10.9 Å². The molecule has 6 heteroatoms. The van der Waals surface area contributed by atoms with Crippen LogP contribution in [0.15, 0.2) is 42.5 Å². The summed E-state index contributed by atoms with van der Waals surface area (Å²) < 4.78 is 16.4. The molecule has 0 amide bonds. The zero-order valence-corrected chi connectivity index (χ0v) is 12.6. The molecule has 0 bridgehead atoms. The predicted molar refractivity (Wildman–Crippen MR) is 83.7 cm³/mol. The quantitative estimate of drug-likeness (QED) is 0.781. The third kappa shape index (κ3) is 3.14. The molecule has 1 aliphatic rings. The van der Waals surface area contributed by atoms with Crippen LogP contribution in [0, 0.1) is 0 Å². The van der Waals surface area contributed by atoms with Crippen molar-refractivity contribution in [3.05, 3.63) is 42.5 Å². The van der Waals surface area contributed by atoms with Crippen molar-refractivity contribution in [3.63, 3.8) is 0 Å². The van der Waals surface area contributed by atoms with Gasteiger partial charge in [-0.2, -0.15) is 5.53 Å². The standard InChI is InChI=1S/C16H19N3O3/c1-20-14-8-5-12(9-15(14)21-2)11-3-6-13(7-4-11)22-16-10-17-19-18-16/h3-9,16-19H,10H2,1-2H3. The zero-order valence-electron chi connectivity index (χ0n) is 12.6. The minimum absolute atomic E-state index is 0.0769. The van der Waals surface area contributed by atoms with Crippen molar-refractivity contribution in [2.24, 2.45) is 0 Å². The molecule has 0 spiro atoms. The van der Waals surface area contributed by atoms with E-state index in [0.29, 0.717) is 12.3 Å². The summed E-state index contributed by atoms with van der Waals surface area (Å²) in [5.74, 6) is 2.25. The molecule has 3 N–H and O–H groups in total. The first kappa shape index (κ1) is 14.6. The van der Waals surface area contributed by atoms with Crippen molar-refractivity contribution in [3.8, 4) is 28.4 Å². The van der Waals surface area contributed by atoms with Crippen LogP contribution in [0.3, 0.4) is 0 Å².